The number of hydrogen-bond donors (Lipinski definition) is 5. The molecule has 4 aromatic rings. The van der Waals surface area contributed by atoms with Crippen LogP contribution in [0.25, 0.3) is 11.1 Å². The van der Waals surface area contributed by atoms with E-state index in [1.165, 1.54) is 0 Å². The first-order valence-corrected chi connectivity index (χ1v) is 17.0. The third-order valence-electron chi connectivity index (χ3n) is 9.91. The zero-order chi connectivity index (χ0) is 35.4. The second-order valence-electron chi connectivity index (χ2n) is 13.0. The molecule has 0 fully saturated rings. The van der Waals surface area contributed by atoms with Gasteiger partial charge in [-0.2, -0.15) is 0 Å². The number of ether oxygens (including phenoxy) is 5. The first kappa shape index (κ1) is 35.3. The van der Waals surface area contributed by atoms with Crippen molar-refractivity contribution in [3.05, 3.63) is 94.5 Å². The smallest absolute Gasteiger partial charge is 0.128 e. The van der Waals surface area contributed by atoms with E-state index in [2.05, 4.69) is 0 Å². The highest BCUT2D eigenvalue weighted by atomic mass is 16.5. The van der Waals surface area contributed by atoms with Crippen molar-refractivity contribution in [1.82, 2.24) is 0 Å². The molecule has 6 rings (SSSR count). The predicted octanol–water partition coefficient (Wildman–Crippen LogP) is 5.88. The fourth-order valence-electron chi connectivity index (χ4n) is 7.49. The molecule has 5 atom stereocenters. The van der Waals surface area contributed by atoms with E-state index in [4.69, 9.17) is 23.7 Å². The van der Waals surface area contributed by atoms with E-state index in [0.29, 0.717) is 72.8 Å². The average Bonchev–Trinajstić information content (AvgIpc) is 3.11. The Morgan fingerprint density at radius 1 is 0.800 bits per heavy atom. The molecule has 0 aromatic heterocycles. The molecule has 0 radical (unpaired) electrons. The number of aryl methyl sites for hydroxylation is 1. The molecule has 50 heavy (non-hydrogen) atoms. The van der Waals surface area contributed by atoms with Crippen LogP contribution in [0, 0.1) is 11.8 Å². The Kier molecular flexibility index (Phi) is 11.0. The topological polar surface area (TPSA) is 147 Å². The predicted molar refractivity (Wildman–Crippen MR) is 187 cm³/mol. The van der Waals surface area contributed by atoms with E-state index in [1.807, 2.05) is 24.3 Å². The van der Waals surface area contributed by atoms with Gasteiger partial charge in [-0.1, -0.05) is 18.2 Å². The lowest BCUT2D eigenvalue weighted by molar-refractivity contribution is -0.0889. The summed E-state index contributed by atoms with van der Waals surface area (Å²) in [5, 5.41) is 54.2. The largest absolute Gasteiger partial charge is 0.508 e. The van der Waals surface area contributed by atoms with E-state index in [9.17, 15) is 25.5 Å². The minimum absolute atomic E-state index is 0.0472. The van der Waals surface area contributed by atoms with Gasteiger partial charge in [-0.3, -0.25) is 0 Å². The maximum Gasteiger partial charge on any atom is 0.128 e. The Bertz CT molecular complexity index is 1790. The maximum absolute atomic E-state index is 12.1. The first-order chi connectivity index (χ1) is 24.3. The highest BCUT2D eigenvalue weighted by Gasteiger charge is 2.47. The summed E-state index contributed by atoms with van der Waals surface area (Å²) in [6.07, 6.45) is 0.324. The van der Waals surface area contributed by atoms with Gasteiger partial charge in [0.2, 0.25) is 0 Å². The van der Waals surface area contributed by atoms with Crippen molar-refractivity contribution < 1.29 is 49.2 Å². The number of aliphatic hydroxyl groups excluding tert-OH is 3. The van der Waals surface area contributed by atoms with Crippen molar-refractivity contribution >= 4 is 0 Å². The zero-order valence-corrected chi connectivity index (χ0v) is 28.7. The summed E-state index contributed by atoms with van der Waals surface area (Å²) in [6, 6.07) is 19.4. The Balaban J connectivity index is 1.36. The van der Waals surface area contributed by atoms with Crippen LogP contribution in [0.15, 0.2) is 66.7 Å². The van der Waals surface area contributed by atoms with Gasteiger partial charge >= 0.3 is 0 Å². The molecule has 0 aliphatic carbocycles. The molecule has 0 spiro atoms. The Morgan fingerprint density at radius 2 is 1.62 bits per heavy atom. The lowest BCUT2D eigenvalue weighted by Gasteiger charge is -2.45. The SMILES string of the molecule is COCCC[C@@H]1Oc2cc(CCCO)c(OC)cc2[C@H](O)[C@@H]1[C@H]1COc2c(Cc3cc(O)ccc3-c3cccc(O)c3)cc(OC)cc2[C@H]1O. The van der Waals surface area contributed by atoms with Crippen LogP contribution in [-0.2, 0) is 17.6 Å². The van der Waals surface area contributed by atoms with Crippen molar-refractivity contribution in [2.45, 2.75) is 50.4 Å². The summed E-state index contributed by atoms with van der Waals surface area (Å²) in [4.78, 5) is 0. The number of rotatable bonds is 13. The van der Waals surface area contributed by atoms with Gasteiger partial charge in [0.25, 0.3) is 0 Å². The number of phenols is 2. The number of hydrogen-bond acceptors (Lipinski definition) is 10. The Labute approximate surface area is 292 Å². The number of methoxy groups -OCH3 is 3. The summed E-state index contributed by atoms with van der Waals surface area (Å²) in [6.45, 7) is 0.693. The van der Waals surface area contributed by atoms with Gasteiger partial charge in [0, 0.05) is 55.3 Å². The van der Waals surface area contributed by atoms with Crippen molar-refractivity contribution in [3.63, 3.8) is 0 Å². The van der Waals surface area contributed by atoms with Gasteiger partial charge in [0.1, 0.15) is 40.6 Å². The number of fused-ring (bicyclic) bond motifs is 2. The average molecular weight is 687 g/mol. The van der Waals surface area contributed by atoms with Gasteiger partial charge in [-0.15, -0.1) is 0 Å². The molecular weight excluding hydrogens is 640 g/mol. The summed E-state index contributed by atoms with van der Waals surface area (Å²) in [5.74, 6) is 1.39. The van der Waals surface area contributed by atoms with Gasteiger partial charge in [-0.05, 0) is 96.5 Å². The van der Waals surface area contributed by atoms with E-state index < -0.39 is 30.1 Å². The molecule has 0 saturated carbocycles. The molecule has 0 saturated heterocycles. The Morgan fingerprint density at radius 3 is 2.36 bits per heavy atom. The van der Waals surface area contributed by atoms with Crippen LogP contribution in [0.5, 0.6) is 34.5 Å². The molecule has 10 heteroatoms. The standard InChI is InChI=1S/C40H46O10/c1-46-14-6-10-34-37(39(45)31-21-35(48-3)24(8-5-13-41)19-36(31)50-34)33-22-49-40-26(18-29(47-2)20-32(40)38(33)44)15-25-17-28(43)11-12-30(25)23-7-4-9-27(42)16-23/h4,7,9,11-12,16-21,33-34,37-39,41-45H,5-6,8,10,13-15,22H2,1-3H3/t33-,34+,37-,38-,39+/m1/s1. The van der Waals surface area contributed by atoms with Crippen LogP contribution in [0.2, 0.25) is 0 Å². The van der Waals surface area contributed by atoms with Gasteiger partial charge in [0.15, 0.2) is 0 Å². The molecule has 2 aliphatic rings. The van der Waals surface area contributed by atoms with Crippen molar-refractivity contribution in [3.8, 4) is 45.6 Å². The minimum atomic E-state index is -1.03. The number of phenolic OH excluding ortho intramolecular Hbond substituents is 2. The lowest BCUT2D eigenvalue weighted by atomic mass is 9.72. The van der Waals surface area contributed by atoms with Gasteiger partial charge < -0.3 is 49.2 Å². The third-order valence-corrected chi connectivity index (χ3v) is 9.91. The first-order valence-electron chi connectivity index (χ1n) is 17.0. The zero-order valence-electron chi connectivity index (χ0n) is 28.7. The second-order valence-corrected chi connectivity index (χ2v) is 13.0. The monoisotopic (exact) mass is 686 g/mol. The third kappa shape index (κ3) is 7.20. The van der Waals surface area contributed by atoms with E-state index in [-0.39, 0.29) is 24.7 Å². The quantitative estimate of drug-likeness (QED) is 0.108. The molecule has 0 unspecified atom stereocenters. The molecule has 5 N–H and O–H groups in total. The minimum Gasteiger partial charge on any atom is -0.508 e. The molecule has 4 aromatic carbocycles. The Hall–Kier alpha value is -4.48. The summed E-state index contributed by atoms with van der Waals surface area (Å²) in [7, 11) is 4.79. The summed E-state index contributed by atoms with van der Waals surface area (Å²) >= 11 is 0. The summed E-state index contributed by atoms with van der Waals surface area (Å²) < 4.78 is 29.8. The highest BCUT2D eigenvalue weighted by molar-refractivity contribution is 5.70. The summed E-state index contributed by atoms with van der Waals surface area (Å²) in [5.41, 5.74) is 5.18. The fraction of sp³-hybridized carbons (Fsp3) is 0.400. The van der Waals surface area contributed by atoms with Crippen molar-refractivity contribution in [2.75, 3.05) is 41.2 Å². The molecule has 10 nitrogen and oxygen atoms in total. The van der Waals surface area contributed by atoms with Gasteiger partial charge in [-0.25, -0.2) is 0 Å². The lowest BCUT2D eigenvalue weighted by Crippen LogP contribution is -2.46. The number of benzene rings is 4. The van der Waals surface area contributed by atoms with Crippen LogP contribution in [-0.4, -0.2) is 72.8 Å². The number of aliphatic hydroxyl groups is 3. The van der Waals surface area contributed by atoms with Crippen LogP contribution in [0.3, 0.4) is 0 Å². The molecule has 0 amide bonds. The van der Waals surface area contributed by atoms with Crippen molar-refractivity contribution in [1.29, 1.82) is 0 Å². The van der Waals surface area contributed by atoms with Crippen molar-refractivity contribution in [2.24, 2.45) is 11.8 Å². The molecule has 266 valence electrons. The van der Waals surface area contributed by atoms with E-state index in [0.717, 1.165) is 27.8 Å². The van der Waals surface area contributed by atoms with E-state index >= 15 is 0 Å². The normalized spacial score (nSPS) is 21.0. The van der Waals surface area contributed by atoms with Gasteiger partial charge in [0.05, 0.1) is 33.0 Å². The van der Waals surface area contributed by atoms with E-state index in [1.54, 1.807) is 63.8 Å². The molecule has 2 aliphatic heterocycles. The fourth-order valence-corrected chi connectivity index (χ4v) is 7.49. The second kappa shape index (κ2) is 15.6. The number of aromatic hydroxyl groups is 2. The van der Waals surface area contributed by atoms with Crippen LogP contribution in [0.1, 0.15) is 59.3 Å². The highest BCUT2D eigenvalue weighted by Crippen LogP contribution is 2.52. The molecular formula is C40H46O10. The molecule has 0 bridgehead atoms. The molecule has 2 heterocycles. The maximum atomic E-state index is 12.1. The van der Waals surface area contributed by atoms with Crippen LogP contribution >= 0.6 is 0 Å². The van der Waals surface area contributed by atoms with Crippen LogP contribution < -0.4 is 18.9 Å². The van der Waals surface area contributed by atoms with Crippen LogP contribution in [0.4, 0.5) is 0 Å².